The normalized spacial score (nSPS) is 11.2. The van der Waals surface area contributed by atoms with Crippen LogP contribution in [0, 0.1) is 0 Å². The van der Waals surface area contributed by atoms with E-state index in [9.17, 15) is 34.8 Å². The zero-order chi connectivity index (χ0) is 64.5. The summed E-state index contributed by atoms with van der Waals surface area (Å²) in [4.78, 5) is 70.7. The molecule has 0 aliphatic rings. The van der Waals surface area contributed by atoms with Gasteiger partial charge in [-0.25, -0.2) is 54.4 Å². The van der Waals surface area contributed by atoms with Crippen molar-refractivity contribution in [1.29, 1.82) is 0 Å². The third-order valence-corrected chi connectivity index (χ3v) is 14.6. The van der Waals surface area contributed by atoms with Crippen LogP contribution < -0.4 is 27.0 Å². The second kappa shape index (κ2) is 29.5. The lowest BCUT2D eigenvalue weighted by atomic mass is 10.1. The Bertz CT molecular complexity index is 4820. The molecule has 460 valence electrons. The average Bonchev–Trinajstić information content (AvgIpc) is 1.16. The smallest absolute Gasteiger partial charge is 0.411 e. The molecular formula is C54H42N26O8S4. The van der Waals surface area contributed by atoms with Gasteiger partial charge >= 0.3 is 12.1 Å². The number of hydrogen-bond donors (Lipinski definition) is 9. The highest BCUT2D eigenvalue weighted by atomic mass is 32.1. The zero-order valence-corrected chi connectivity index (χ0v) is 50.6. The van der Waals surface area contributed by atoms with Gasteiger partial charge in [0.2, 0.25) is 0 Å². The SMILES string of the molecule is CCNc1cccc2c(O)ccc(N=Nc3snc4nccnc34)c12.CNC(=O)Nc1nc(N=Nc2snc3nccnc23)ccc1O.COC(=O)Nc1cc(N=Nc2snc3nccnc23)ccc1O.NC(=O)c1cc(N=Nc2snc3nccnc23)ccc1O. The van der Waals surface area contributed by atoms with E-state index in [0.717, 1.165) is 57.6 Å². The van der Waals surface area contributed by atoms with Crippen molar-refractivity contribution in [3.8, 4) is 23.0 Å². The van der Waals surface area contributed by atoms with E-state index in [1.54, 1.807) is 67.8 Å². The third-order valence-electron chi connectivity index (χ3n) is 11.7. The van der Waals surface area contributed by atoms with E-state index in [2.05, 4.69) is 129 Å². The molecule has 0 radical (unpaired) electrons. The van der Waals surface area contributed by atoms with Crippen LogP contribution in [0.15, 0.2) is 169 Å². The number of amides is 4. The highest BCUT2D eigenvalue weighted by Crippen LogP contribution is 2.40. The number of phenolic OH excluding ortho intramolecular Hbond substituents is 2. The number of phenols is 3. The number of benzene rings is 4. The Morgan fingerprint density at radius 3 is 1.51 bits per heavy atom. The number of anilines is 3. The second-order valence-electron chi connectivity index (χ2n) is 17.7. The first-order valence-corrected chi connectivity index (χ1v) is 29.3. The van der Waals surface area contributed by atoms with Gasteiger partial charge in [-0.2, -0.15) is 17.5 Å². The predicted molar refractivity (Wildman–Crippen MR) is 342 cm³/mol. The maximum absolute atomic E-state index is 11.3. The minimum absolute atomic E-state index is 0.0135. The van der Waals surface area contributed by atoms with Crippen LogP contribution in [-0.2, 0) is 4.74 Å². The van der Waals surface area contributed by atoms with Crippen molar-refractivity contribution in [3.05, 3.63) is 134 Å². The molecule has 13 aromatic rings. The number of methoxy groups -OCH3 is 1. The van der Waals surface area contributed by atoms with Gasteiger partial charge in [-0.1, -0.05) is 12.1 Å². The fourth-order valence-corrected chi connectivity index (χ4v) is 10.0. The number of carbonyl (C=O) groups is 3. The predicted octanol–water partition coefficient (Wildman–Crippen LogP) is 12.8. The van der Waals surface area contributed by atoms with Gasteiger partial charge in [-0.15, -0.1) is 40.9 Å². The number of nitrogens with zero attached hydrogens (tertiary/aromatic N) is 21. The fourth-order valence-electron chi connectivity index (χ4n) is 7.56. The summed E-state index contributed by atoms with van der Waals surface area (Å²) in [6, 6.07) is 20.0. The van der Waals surface area contributed by atoms with Gasteiger partial charge in [0.25, 0.3) is 5.91 Å². The quantitative estimate of drug-likeness (QED) is 0.0382. The lowest BCUT2D eigenvalue weighted by Gasteiger charge is -2.10. The Morgan fingerprint density at radius 2 is 1.00 bits per heavy atom. The molecule has 0 saturated carbocycles. The third kappa shape index (κ3) is 15.3. The number of carbonyl (C=O) groups excluding carboxylic acids is 3. The number of nitrogens with one attached hydrogen (secondary N) is 4. The number of aromatic hydroxyl groups is 4. The van der Waals surface area contributed by atoms with Gasteiger partial charge in [0.1, 0.15) is 39.3 Å². The van der Waals surface area contributed by atoms with E-state index < -0.39 is 18.0 Å². The molecule has 10 N–H and O–H groups in total. The van der Waals surface area contributed by atoms with Gasteiger partial charge < -0.3 is 41.5 Å². The molecule has 0 aliphatic heterocycles. The molecule has 13 rings (SSSR count). The lowest BCUT2D eigenvalue weighted by molar-refractivity contribution is 0.0997. The molecule has 4 amide bonds. The summed E-state index contributed by atoms with van der Waals surface area (Å²) in [6.07, 6.45) is 11.8. The molecule has 38 heteroatoms. The summed E-state index contributed by atoms with van der Waals surface area (Å²) in [6.45, 7) is 2.78. The van der Waals surface area contributed by atoms with E-state index in [1.807, 2.05) is 25.1 Å². The molecule has 0 spiro atoms. The zero-order valence-electron chi connectivity index (χ0n) is 47.4. The average molecular weight is 1310 g/mol. The van der Waals surface area contributed by atoms with E-state index in [-0.39, 0.29) is 45.9 Å². The van der Waals surface area contributed by atoms with Crippen molar-refractivity contribution in [3.63, 3.8) is 0 Å². The van der Waals surface area contributed by atoms with Crippen molar-refractivity contribution < 1.29 is 39.5 Å². The summed E-state index contributed by atoms with van der Waals surface area (Å²) in [7, 11) is 2.68. The minimum Gasteiger partial charge on any atom is -0.507 e. The molecular weight excluding hydrogens is 1270 g/mol. The number of fused-ring (bicyclic) bond motifs is 5. The van der Waals surface area contributed by atoms with E-state index in [4.69, 9.17) is 5.73 Å². The van der Waals surface area contributed by atoms with Crippen LogP contribution in [0.25, 0.3) is 55.4 Å². The molecule has 34 nitrogen and oxygen atoms in total. The van der Waals surface area contributed by atoms with Gasteiger partial charge in [0.05, 0.1) is 35.4 Å². The topological polar surface area (TPSA) is 482 Å². The molecule has 0 saturated heterocycles. The number of nitrogens with two attached hydrogens (primary N) is 1. The van der Waals surface area contributed by atoms with E-state index in [1.165, 1.54) is 68.2 Å². The van der Waals surface area contributed by atoms with Crippen LogP contribution in [0.1, 0.15) is 17.3 Å². The monoisotopic (exact) mass is 1310 g/mol. The van der Waals surface area contributed by atoms with E-state index >= 15 is 0 Å². The van der Waals surface area contributed by atoms with Crippen LogP contribution in [-0.4, -0.2) is 122 Å². The summed E-state index contributed by atoms with van der Waals surface area (Å²) in [5.41, 5.74) is 12.0. The van der Waals surface area contributed by atoms with Crippen molar-refractivity contribution >= 4 is 180 Å². The first-order chi connectivity index (χ1) is 44.8. The maximum atomic E-state index is 11.3. The summed E-state index contributed by atoms with van der Waals surface area (Å²) < 4.78 is 21.0. The number of urea groups is 1. The van der Waals surface area contributed by atoms with Crippen LogP contribution in [0.3, 0.4) is 0 Å². The minimum atomic E-state index is -0.737. The molecule has 9 aromatic heterocycles. The Balaban J connectivity index is 0.000000135. The fraction of sp³-hybridized carbons (Fsp3) is 0.0741. The van der Waals surface area contributed by atoms with Crippen LogP contribution in [0.4, 0.5) is 69.7 Å². The summed E-state index contributed by atoms with van der Waals surface area (Å²) in [5, 5.41) is 86.0. The van der Waals surface area contributed by atoms with Gasteiger partial charge in [-0.05, 0) is 120 Å². The molecule has 0 atom stereocenters. The summed E-state index contributed by atoms with van der Waals surface area (Å²) >= 11 is 4.56. The second-order valence-corrected chi connectivity index (χ2v) is 20.7. The number of ether oxygens (including phenoxy) is 1. The summed E-state index contributed by atoms with van der Waals surface area (Å²) in [5.74, 6) is -0.823. The van der Waals surface area contributed by atoms with Crippen LogP contribution >= 0.6 is 46.1 Å². The molecule has 4 aromatic carbocycles. The Hall–Kier alpha value is -12.4. The van der Waals surface area contributed by atoms with E-state index in [0.29, 0.717) is 81.7 Å². The molecule has 0 fully saturated rings. The number of rotatable bonds is 13. The van der Waals surface area contributed by atoms with Gasteiger partial charge in [0, 0.05) is 79.6 Å². The van der Waals surface area contributed by atoms with Crippen LogP contribution in [0.5, 0.6) is 23.0 Å². The highest BCUT2D eigenvalue weighted by molar-refractivity contribution is 7.12. The van der Waals surface area contributed by atoms with Gasteiger partial charge in [-0.3, -0.25) is 15.4 Å². The number of aromatic nitrogens is 13. The molecule has 92 heavy (non-hydrogen) atoms. The molecule has 0 aliphatic carbocycles. The molecule has 0 bridgehead atoms. The Labute approximate surface area is 531 Å². The van der Waals surface area contributed by atoms with Crippen molar-refractivity contribution in [1.82, 2.24) is 67.7 Å². The largest absolute Gasteiger partial charge is 0.507 e. The standard InChI is InChI=1S/C17H14N6OS.C13H10N6O3S.C12H10N8O2S.C12H8N6O2S/c1-2-18-11-5-3-4-10-13(24)7-6-12(14(10)11)21-22-17-15-16(23-25-17)20-9-8-19-15;1-22-13(21)16-8-6-7(2-3-9(8)20)17-18-12-10-11(19-23-12)15-5-4-14-10;1-13-12(22)17-9-6(21)2-3-7(16-9)18-19-11-8-10(20-23-11)15-5-4-14-8;13-10(20)7-5-6(1-2-8(7)19)16-17-12-9-11(18-21-12)15-4-3-14-9/h3-9,18,24H,2H2,1H3;2-6,20H,1H3,(H,16,21);2-5,21H,1H3,(H2,13,16,17,22);1-5,19H,(H2,13,20). The first kappa shape index (κ1) is 62.6. The van der Waals surface area contributed by atoms with Crippen molar-refractivity contribution in [2.75, 3.05) is 36.7 Å². The number of pyridine rings is 1. The van der Waals surface area contributed by atoms with Crippen molar-refractivity contribution in [2.24, 2.45) is 46.6 Å². The number of azo groups is 4. The number of primary amides is 1. The Kier molecular flexibility index (Phi) is 20.1. The maximum Gasteiger partial charge on any atom is 0.411 e. The van der Waals surface area contributed by atoms with Crippen LogP contribution in [0.2, 0.25) is 0 Å². The lowest BCUT2D eigenvalue weighted by Crippen LogP contribution is -2.24. The van der Waals surface area contributed by atoms with Crippen molar-refractivity contribution in [2.45, 2.75) is 6.92 Å². The first-order valence-electron chi connectivity index (χ1n) is 26.2. The molecule has 9 heterocycles. The molecule has 0 unspecified atom stereocenters. The Morgan fingerprint density at radius 1 is 0.522 bits per heavy atom. The number of hydrogen-bond acceptors (Lipinski definition) is 34. The highest BCUT2D eigenvalue weighted by Gasteiger charge is 2.15. The van der Waals surface area contributed by atoms with Gasteiger partial charge in [0.15, 0.2) is 60.0 Å².